The molecule has 0 fully saturated rings. The lowest BCUT2D eigenvalue weighted by Crippen LogP contribution is -2.01. The summed E-state index contributed by atoms with van der Waals surface area (Å²) in [5, 5.41) is 0. The number of hydrogen-bond acceptors (Lipinski definition) is 3. The molecule has 2 aromatic rings. The maximum atomic E-state index is 11.9. The van der Waals surface area contributed by atoms with Gasteiger partial charge in [-0.05, 0) is 0 Å². The van der Waals surface area contributed by atoms with E-state index in [1.165, 1.54) is 12.4 Å². The van der Waals surface area contributed by atoms with E-state index in [0.29, 0.717) is 5.56 Å². The summed E-state index contributed by atoms with van der Waals surface area (Å²) in [4.78, 5) is 14.6. The summed E-state index contributed by atoms with van der Waals surface area (Å²) in [6, 6.07) is 8.56. The first-order valence-electron chi connectivity index (χ1n) is 4.61. The number of carbonyl (C=O) groups is 1. The highest BCUT2D eigenvalue weighted by molar-refractivity contribution is 7.72. The lowest BCUT2D eigenvalue weighted by atomic mass is 10.1. The molecule has 0 spiro atoms. The fourth-order valence-corrected chi connectivity index (χ4v) is 1.98. The Morgan fingerprint density at radius 3 is 2.38 bits per heavy atom. The van der Waals surface area contributed by atoms with Gasteiger partial charge in [0.15, 0.2) is 16.5 Å². The zero-order valence-electron chi connectivity index (χ0n) is 8.21. The van der Waals surface area contributed by atoms with Gasteiger partial charge in [0, 0.05) is 18.0 Å². The zero-order chi connectivity index (χ0) is 11.5. The number of aromatic amines is 1. The van der Waals surface area contributed by atoms with Gasteiger partial charge >= 0.3 is 0 Å². The maximum Gasteiger partial charge on any atom is 0.195 e. The molecule has 0 unspecified atom stereocenters. The Morgan fingerprint density at radius 1 is 1.06 bits per heavy atom. The minimum Gasteiger partial charge on any atom is -0.366 e. The molecule has 1 aromatic carbocycles. The van der Waals surface area contributed by atoms with E-state index in [4.69, 9.17) is 0 Å². The molecule has 5 heteroatoms. The molecule has 1 heterocycles. The molecule has 0 radical (unpaired) electrons. The second kappa shape index (κ2) is 4.32. The summed E-state index contributed by atoms with van der Waals surface area (Å²) in [6.07, 6.45) is 2.71. The van der Waals surface area contributed by atoms with Gasteiger partial charge in [0.25, 0.3) is 0 Å². The molecule has 0 amide bonds. The second-order valence-electron chi connectivity index (χ2n) is 3.21. The van der Waals surface area contributed by atoms with Crippen LogP contribution in [0.3, 0.4) is 0 Å². The average Bonchev–Trinajstić information content (AvgIpc) is 2.78. The molecule has 1 N–H and O–H groups in total. The monoisotopic (exact) mass is 235 g/mol. The highest BCUT2D eigenvalue weighted by atomic mass is 32.2. The third-order valence-electron chi connectivity index (χ3n) is 2.20. The van der Waals surface area contributed by atoms with Crippen molar-refractivity contribution < 1.29 is 13.2 Å². The molecule has 16 heavy (non-hydrogen) atoms. The van der Waals surface area contributed by atoms with Gasteiger partial charge in [0.05, 0.1) is 10.5 Å². The Morgan fingerprint density at radius 2 is 1.75 bits per heavy atom. The van der Waals surface area contributed by atoms with Crippen LogP contribution in [0.25, 0.3) is 0 Å². The van der Waals surface area contributed by atoms with Crippen LogP contribution in [-0.4, -0.2) is 19.2 Å². The molecular weight excluding hydrogens is 226 g/mol. The van der Waals surface area contributed by atoms with E-state index in [-0.39, 0.29) is 16.2 Å². The molecule has 0 bridgehead atoms. The number of rotatable bonds is 3. The van der Waals surface area contributed by atoms with Gasteiger partial charge < -0.3 is 4.98 Å². The third kappa shape index (κ3) is 1.90. The number of nitrogens with one attached hydrogen (secondary N) is 1. The fraction of sp³-hybridized carbons (Fsp3) is 0. The summed E-state index contributed by atoms with van der Waals surface area (Å²) >= 11 is 0. The molecule has 0 aliphatic heterocycles. The van der Waals surface area contributed by atoms with E-state index < -0.39 is 10.7 Å². The number of hydrogen-bond donors (Lipinski definition) is 2. The molecule has 82 valence electrons. The van der Waals surface area contributed by atoms with Crippen molar-refractivity contribution in [2.45, 2.75) is 4.90 Å². The summed E-state index contributed by atoms with van der Waals surface area (Å²) < 4.78 is 21.8. The highest BCUT2D eigenvalue weighted by Gasteiger charge is 2.15. The van der Waals surface area contributed by atoms with E-state index in [9.17, 15) is 13.2 Å². The molecule has 2 rings (SSSR count). The topological polar surface area (TPSA) is 67.0 Å². The van der Waals surface area contributed by atoms with Crippen molar-refractivity contribution in [1.82, 2.24) is 4.98 Å². The van der Waals surface area contributed by atoms with Gasteiger partial charge in [-0.25, -0.2) is 8.42 Å². The maximum absolute atomic E-state index is 11.9. The van der Waals surface area contributed by atoms with Crippen molar-refractivity contribution in [3.8, 4) is 0 Å². The van der Waals surface area contributed by atoms with Gasteiger partial charge in [0.2, 0.25) is 0 Å². The summed E-state index contributed by atoms with van der Waals surface area (Å²) in [5.41, 5.74) is 0.655. The summed E-state index contributed by atoms with van der Waals surface area (Å²) in [7, 11) is -2.75. The van der Waals surface area contributed by atoms with Crippen molar-refractivity contribution in [3.05, 3.63) is 53.9 Å². The fourth-order valence-electron chi connectivity index (χ4n) is 1.43. The van der Waals surface area contributed by atoms with E-state index in [2.05, 4.69) is 4.98 Å². The Bertz CT molecular complexity index is 576. The summed E-state index contributed by atoms with van der Waals surface area (Å²) in [6.45, 7) is 0. The SMILES string of the molecule is O=C(c1ccccc1)c1c[nH]cc1[SH](=O)=O. The number of benzene rings is 1. The van der Waals surface area contributed by atoms with Crippen LogP contribution in [0.5, 0.6) is 0 Å². The Kier molecular flexibility index (Phi) is 2.87. The molecule has 0 aliphatic rings. The van der Waals surface area contributed by atoms with Crippen molar-refractivity contribution in [1.29, 1.82) is 0 Å². The van der Waals surface area contributed by atoms with Crippen LogP contribution in [0.2, 0.25) is 0 Å². The smallest absolute Gasteiger partial charge is 0.195 e. The average molecular weight is 235 g/mol. The number of H-pyrrole nitrogens is 1. The van der Waals surface area contributed by atoms with Crippen LogP contribution in [0.1, 0.15) is 15.9 Å². The first kappa shape index (κ1) is 10.6. The molecule has 0 atom stereocenters. The quantitative estimate of drug-likeness (QED) is 0.621. The lowest BCUT2D eigenvalue weighted by molar-refractivity contribution is 0.103. The standard InChI is InChI=1S/C11H9NO3S/c13-11(8-4-2-1-3-5-8)9-6-12-7-10(9)16(14)15/h1-7,12,16H. The van der Waals surface area contributed by atoms with Crippen molar-refractivity contribution in [3.63, 3.8) is 0 Å². The second-order valence-corrected chi connectivity index (χ2v) is 4.20. The first-order chi connectivity index (χ1) is 7.70. The van der Waals surface area contributed by atoms with Crippen LogP contribution >= 0.6 is 0 Å². The third-order valence-corrected chi connectivity index (χ3v) is 2.96. The predicted octanol–water partition coefficient (Wildman–Crippen LogP) is 1.22. The molecule has 0 aliphatic carbocycles. The lowest BCUT2D eigenvalue weighted by Gasteiger charge is -1.98. The van der Waals surface area contributed by atoms with Crippen molar-refractivity contribution in [2.24, 2.45) is 0 Å². The van der Waals surface area contributed by atoms with Crippen LogP contribution in [-0.2, 0) is 10.7 Å². The predicted molar refractivity (Wildman–Crippen MR) is 59.2 cm³/mol. The zero-order valence-corrected chi connectivity index (χ0v) is 9.11. The van der Waals surface area contributed by atoms with Crippen molar-refractivity contribution in [2.75, 3.05) is 0 Å². The van der Waals surface area contributed by atoms with Crippen LogP contribution in [0, 0.1) is 0 Å². The normalized spacial score (nSPS) is 10.6. The van der Waals surface area contributed by atoms with Gasteiger partial charge in [-0.3, -0.25) is 4.79 Å². The van der Waals surface area contributed by atoms with E-state index in [0.717, 1.165) is 0 Å². The minimum absolute atomic E-state index is 0.0313. The molecule has 0 saturated carbocycles. The van der Waals surface area contributed by atoms with E-state index >= 15 is 0 Å². The summed E-state index contributed by atoms with van der Waals surface area (Å²) in [5.74, 6) is -0.295. The number of carbonyl (C=O) groups excluding carboxylic acids is 1. The molecular formula is C11H9NO3S. The number of ketones is 1. The Labute approximate surface area is 93.9 Å². The molecule has 4 nitrogen and oxygen atoms in total. The van der Waals surface area contributed by atoms with Crippen LogP contribution in [0.4, 0.5) is 0 Å². The van der Waals surface area contributed by atoms with Gasteiger partial charge in [-0.1, -0.05) is 30.3 Å². The van der Waals surface area contributed by atoms with Gasteiger partial charge in [0.1, 0.15) is 0 Å². The first-order valence-corrected chi connectivity index (χ1v) is 5.79. The Balaban J connectivity index is 2.46. The number of aromatic nitrogens is 1. The van der Waals surface area contributed by atoms with Crippen LogP contribution in [0.15, 0.2) is 47.6 Å². The minimum atomic E-state index is -2.75. The van der Waals surface area contributed by atoms with Crippen LogP contribution < -0.4 is 0 Å². The van der Waals surface area contributed by atoms with Crippen molar-refractivity contribution >= 4 is 16.5 Å². The van der Waals surface area contributed by atoms with Gasteiger partial charge in [-0.2, -0.15) is 0 Å². The Hall–Kier alpha value is -1.88. The highest BCUT2D eigenvalue weighted by Crippen LogP contribution is 2.14. The largest absolute Gasteiger partial charge is 0.366 e. The number of thiol groups is 1. The van der Waals surface area contributed by atoms with E-state index in [1.807, 2.05) is 0 Å². The van der Waals surface area contributed by atoms with E-state index in [1.54, 1.807) is 30.3 Å². The molecule has 0 saturated heterocycles. The molecule has 1 aromatic heterocycles. The van der Waals surface area contributed by atoms with Gasteiger partial charge in [-0.15, -0.1) is 0 Å².